The summed E-state index contributed by atoms with van der Waals surface area (Å²) < 4.78 is 8.38. The Labute approximate surface area is 189 Å². The molecular formula is C25H23N5O3. The second-order valence-corrected chi connectivity index (χ2v) is 8.14. The van der Waals surface area contributed by atoms with E-state index in [4.69, 9.17) is 4.52 Å². The molecular weight excluding hydrogens is 418 g/mol. The Bertz CT molecular complexity index is 1480. The van der Waals surface area contributed by atoms with Gasteiger partial charge in [0.25, 0.3) is 5.56 Å². The summed E-state index contributed by atoms with van der Waals surface area (Å²) in [4.78, 5) is 17.7. The van der Waals surface area contributed by atoms with E-state index in [9.17, 15) is 9.90 Å². The van der Waals surface area contributed by atoms with E-state index in [1.807, 2.05) is 62.4 Å². The smallest absolute Gasteiger partial charge is 0.277 e. The van der Waals surface area contributed by atoms with Crippen LogP contribution in [0.1, 0.15) is 34.0 Å². The Balaban J connectivity index is 1.45. The summed E-state index contributed by atoms with van der Waals surface area (Å²) >= 11 is 0. The van der Waals surface area contributed by atoms with Crippen LogP contribution in [0.2, 0.25) is 0 Å². The summed E-state index contributed by atoms with van der Waals surface area (Å²) in [7, 11) is 0. The number of aryl methyl sites for hydroxylation is 2. The van der Waals surface area contributed by atoms with Crippen molar-refractivity contribution in [3.63, 3.8) is 0 Å². The van der Waals surface area contributed by atoms with Gasteiger partial charge in [-0.2, -0.15) is 10.1 Å². The van der Waals surface area contributed by atoms with Crippen LogP contribution < -0.4 is 5.56 Å². The fourth-order valence-electron chi connectivity index (χ4n) is 3.83. The first-order chi connectivity index (χ1) is 16.0. The molecule has 0 aliphatic carbocycles. The van der Waals surface area contributed by atoms with E-state index < -0.39 is 0 Å². The second-order valence-electron chi connectivity index (χ2n) is 8.14. The average Bonchev–Trinajstić information content (AvgIpc) is 3.42. The minimum Gasteiger partial charge on any atom is -0.392 e. The number of hydrogen-bond acceptors (Lipinski definition) is 6. The number of hydrogen-bond donors (Lipinski definition) is 1. The lowest BCUT2D eigenvalue weighted by Crippen LogP contribution is -2.22. The van der Waals surface area contributed by atoms with Crippen molar-refractivity contribution < 1.29 is 9.63 Å². The number of nitrogens with zero attached hydrogens (tertiary/aromatic N) is 5. The molecule has 0 amide bonds. The van der Waals surface area contributed by atoms with Gasteiger partial charge in [-0.25, -0.2) is 4.52 Å². The molecule has 5 rings (SSSR count). The van der Waals surface area contributed by atoms with Gasteiger partial charge in [0.15, 0.2) is 5.82 Å². The molecule has 0 spiro atoms. The lowest BCUT2D eigenvalue weighted by molar-refractivity contribution is 0.283. The molecule has 8 nitrogen and oxygen atoms in total. The lowest BCUT2D eigenvalue weighted by Gasteiger charge is -2.03. The Morgan fingerprint density at radius 2 is 1.67 bits per heavy atom. The summed E-state index contributed by atoms with van der Waals surface area (Å²) in [5.41, 5.74) is 5.36. The van der Waals surface area contributed by atoms with E-state index in [-0.39, 0.29) is 18.7 Å². The highest BCUT2D eigenvalue weighted by atomic mass is 16.5. The van der Waals surface area contributed by atoms with Crippen LogP contribution in [0.4, 0.5) is 0 Å². The maximum Gasteiger partial charge on any atom is 0.277 e. The molecule has 0 saturated carbocycles. The maximum atomic E-state index is 13.2. The van der Waals surface area contributed by atoms with Crippen LogP contribution in [0.15, 0.2) is 70.2 Å². The number of benzene rings is 2. The first kappa shape index (κ1) is 20.8. The molecule has 0 unspecified atom stereocenters. The molecule has 0 aliphatic rings. The summed E-state index contributed by atoms with van der Waals surface area (Å²) in [6, 6.07) is 16.0. The van der Waals surface area contributed by atoms with Crippen LogP contribution in [-0.4, -0.2) is 29.4 Å². The van der Waals surface area contributed by atoms with Crippen LogP contribution in [0, 0.1) is 13.8 Å². The van der Waals surface area contributed by atoms with Crippen LogP contribution >= 0.6 is 0 Å². The van der Waals surface area contributed by atoms with Crippen LogP contribution in [-0.2, 0) is 19.6 Å². The van der Waals surface area contributed by atoms with Gasteiger partial charge in [0.1, 0.15) is 12.1 Å². The Hall–Kier alpha value is -4.04. The van der Waals surface area contributed by atoms with Gasteiger partial charge in [-0.3, -0.25) is 4.79 Å². The first-order valence-corrected chi connectivity index (χ1v) is 10.7. The van der Waals surface area contributed by atoms with Gasteiger partial charge >= 0.3 is 0 Å². The Morgan fingerprint density at radius 1 is 0.970 bits per heavy atom. The lowest BCUT2D eigenvalue weighted by atomic mass is 10.1. The molecule has 5 aromatic rings. The third-order valence-electron chi connectivity index (χ3n) is 5.64. The van der Waals surface area contributed by atoms with E-state index in [0.29, 0.717) is 34.9 Å². The molecule has 3 aromatic heterocycles. The molecule has 0 atom stereocenters. The third-order valence-corrected chi connectivity index (χ3v) is 5.64. The summed E-state index contributed by atoms with van der Waals surface area (Å²) in [5, 5.41) is 18.6. The number of aliphatic hydroxyl groups excluding tert-OH is 1. The minimum absolute atomic E-state index is 0.131. The largest absolute Gasteiger partial charge is 0.392 e. The highest BCUT2D eigenvalue weighted by Crippen LogP contribution is 2.25. The van der Waals surface area contributed by atoms with Crippen LogP contribution in [0.3, 0.4) is 0 Å². The fourth-order valence-corrected chi connectivity index (χ4v) is 3.83. The highest BCUT2D eigenvalue weighted by molar-refractivity contribution is 5.72. The van der Waals surface area contributed by atoms with Crippen molar-refractivity contribution in [2.75, 3.05) is 0 Å². The third kappa shape index (κ3) is 4.08. The fraction of sp³-hybridized carbons (Fsp3) is 0.200. The predicted molar refractivity (Wildman–Crippen MR) is 123 cm³/mol. The zero-order chi connectivity index (χ0) is 22.9. The standard InChI is InChI=1S/C25H23N5O3/c1-16-3-7-18(8-4-16)13-21-26-22(33-28-21)14-29-11-12-30-24(25(29)32)20(15-31)23(27-30)19-9-5-17(2)6-10-19/h3-12,31H,13-15H2,1-2H3. The number of rotatable bonds is 6. The average molecular weight is 441 g/mol. The SMILES string of the molecule is Cc1ccc(Cc2noc(Cn3ccn4nc(-c5ccc(C)cc5)c(CO)c4c3=O)n2)cc1. The zero-order valence-electron chi connectivity index (χ0n) is 18.4. The quantitative estimate of drug-likeness (QED) is 0.434. The molecule has 0 aliphatic heterocycles. The van der Waals surface area contributed by atoms with E-state index in [0.717, 1.165) is 16.7 Å². The number of fused-ring (bicyclic) bond motifs is 1. The van der Waals surface area contributed by atoms with Gasteiger partial charge in [0.05, 0.1) is 12.3 Å². The summed E-state index contributed by atoms with van der Waals surface area (Å²) in [5.74, 6) is 0.900. The molecule has 0 saturated heterocycles. The molecule has 8 heteroatoms. The molecule has 166 valence electrons. The van der Waals surface area contributed by atoms with Gasteiger partial charge in [0, 0.05) is 29.9 Å². The van der Waals surface area contributed by atoms with Crippen molar-refractivity contribution in [1.29, 1.82) is 0 Å². The van der Waals surface area contributed by atoms with E-state index >= 15 is 0 Å². The maximum absolute atomic E-state index is 13.2. The van der Waals surface area contributed by atoms with Crippen molar-refractivity contribution >= 4 is 5.52 Å². The van der Waals surface area contributed by atoms with Gasteiger partial charge in [-0.05, 0) is 19.4 Å². The number of aromatic nitrogens is 5. The predicted octanol–water partition coefficient (Wildman–Crippen LogP) is 3.29. The van der Waals surface area contributed by atoms with Crippen LogP contribution in [0.25, 0.3) is 16.8 Å². The normalized spacial score (nSPS) is 11.4. The Kier molecular flexibility index (Phi) is 5.35. The monoisotopic (exact) mass is 441 g/mol. The minimum atomic E-state index is -0.298. The van der Waals surface area contributed by atoms with Crippen molar-refractivity contribution in [3.8, 4) is 11.3 Å². The molecule has 2 aromatic carbocycles. The molecule has 0 bridgehead atoms. The van der Waals surface area contributed by atoms with Crippen molar-refractivity contribution in [2.24, 2.45) is 0 Å². The number of aliphatic hydroxyl groups is 1. The topological polar surface area (TPSA) is 98.5 Å². The molecule has 0 fully saturated rings. The van der Waals surface area contributed by atoms with Crippen molar-refractivity contribution in [3.05, 3.63) is 105 Å². The first-order valence-electron chi connectivity index (χ1n) is 10.7. The summed E-state index contributed by atoms with van der Waals surface area (Å²) in [6.07, 6.45) is 3.87. The van der Waals surface area contributed by atoms with Gasteiger partial charge < -0.3 is 14.2 Å². The van der Waals surface area contributed by atoms with Crippen molar-refractivity contribution in [2.45, 2.75) is 33.4 Å². The summed E-state index contributed by atoms with van der Waals surface area (Å²) in [6.45, 7) is 3.87. The van der Waals surface area contributed by atoms with E-state index in [1.165, 1.54) is 14.6 Å². The van der Waals surface area contributed by atoms with E-state index in [2.05, 4.69) is 15.2 Å². The van der Waals surface area contributed by atoms with Gasteiger partial charge in [0.2, 0.25) is 5.89 Å². The van der Waals surface area contributed by atoms with Crippen molar-refractivity contribution in [1.82, 2.24) is 24.3 Å². The molecule has 0 radical (unpaired) electrons. The molecule has 3 heterocycles. The zero-order valence-corrected chi connectivity index (χ0v) is 18.4. The highest BCUT2D eigenvalue weighted by Gasteiger charge is 2.18. The van der Waals surface area contributed by atoms with Crippen LogP contribution in [0.5, 0.6) is 0 Å². The van der Waals surface area contributed by atoms with Gasteiger partial charge in [-0.1, -0.05) is 64.8 Å². The van der Waals surface area contributed by atoms with Gasteiger partial charge in [-0.15, -0.1) is 0 Å². The Morgan fingerprint density at radius 3 is 2.36 bits per heavy atom. The second kappa shape index (κ2) is 8.48. The van der Waals surface area contributed by atoms with E-state index in [1.54, 1.807) is 12.4 Å². The molecule has 1 N–H and O–H groups in total. The molecule has 33 heavy (non-hydrogen) atoms.